The number of nitrogens with zero attached hydrogens (tertiary/aromatic N) is 1. The predicted molar refractivity (Wildman–Crippen MR) is 86.8 cm³/mol. The monoisotopic (exact) mass is 299 g/mol. The van der Waals surface area contributed by atoms with Gasteiger partial charge in [0.25, 0.3) is 5.91 Å². The van der Waals surface area contributed by atoms with Gasteiger partial charge in [0.1, 0.15) is 6.04 Å². The summed E-state index contributed by atoms with van der Waals surface area (Å²) in [5.41, 5.74) is 3.15. The van der Waals surface area contributed by atoms with Crippen LogP contribution in [0.5, 0.6) is 0 Å². The summed E-state index contributed by atoms with van der Waals surface area (Å²) in [4.78, 5) is 28.7. The number of amides is 2. The summed E-state index contributed by atoms with van der Waals surface area (Å²) in [6, 6.07) is 6.98. The Morgan fingerprint density at radius 3 is 2.64 bits per heavy atom. The number of hydrogen-bond donors (Lipinski definition) is 2. The number of aromatic nitrogens is 1. The number of pyridine rings is 1. The summed E-state index contributed by atoms with van der Waals surface area (Å²) < 4.78 is 0. The number of carbonyl (C=O) groups is 2. The molecule has 1 aromatic heterocycles. The van der Waals surface area contributed by atoms with E-state index < -0.39 is 6.04 Å². The van der Waals surface area contributed by atoms with Gasteiger partial charge in [-0.2, -0.15) is 0 Å². The maximum Gasteiger partial charge on any atom is 0.252 e. The summed E-state index contributed by atoms with van der Waals surface area (Å²) >= 11 is 0. The summed E-state index contributed by atoms with van der Waals surface area (Å²) in [7, 11) is 0. The van der Waals surface area contributed by atoms with E-state index in [1.807, 2.05) is 39.0 Å². The molecule has 0 saturated carbocycles. The van der Waals surface area contributed by atoms with Crippen LogP contribution in [-0.4, -0.2) is 29.4 Å². The van der Waals surface area contributed by atoms with Gasteiger partial charge >= 0.3 is 0 Å². The normalized spacial score (nSPS) is 12.0. The molecule has 0 spiro atoms. The van der Waals surface area contributed by atoms with Crippen molar-refractivity contribution in [1.82, 2.24) is 15.6 Å². The molecule has 0 bridgehead atoms. The molecule has 116 valence electrons. The third-order valence-electron chi connectivity index (χ3n) is 3.43. The van der Waals surface area contributed by atoms with Gasteiger partial charge < -0.3 is 10.6 Å². The second-order valence-electron chi connectivity index (χ2n) is 5.42. The number of aryl methyl sites for hydroxylation is 2. The highest BCUT2D eigenvalue weighted by atomic mass is 16.2. The van der Waals surface area contributed by atoms with Crippen LogP contribution in [0.3, 0.4) is 0 Å². The van der Waals surface area contributed by atoms with Gasteiger partial charge in [-0.15, -0.1) is 0 Å². The van der Waals surface area contributed by atoms with Crippen LogP contribution in [0.4, 0.5) is 0 Å². The summed E-state index contributed by atoms with van der Waals surface area (Å²) in [6.07, 6.45) is 0. The van der Waals surface area contributed by atoms with Crippen molar-refractivity contribution in [2.45, 2.75) is 33.7 Å². The molecule has 1 aromatic carbocycles. The third kappa shape index (κ3) is 3.42. The predicted octanol–water partition coefficient (Wildman–Crippen LogP) is 2.11. The van der Waals surface area contributed by atoms with E-state index >= 15 is 0 Å². The first kappa shape index (κ1) is 15.9. The van der Waals surface area contributed by atoms with E-state index in [9.17, 15) is 9.59 Å². The van der Waals surface area contributed by atoms with Crippen molar-refractivity contribution in [2.75, 3.05) is 6.54 Å². The van der Waals surface area contributed by atoms with Gasteiger partial charge in [0.2, 0.25) is 5.91 Å². The Kier molecular flexibility index (Phi) is 4.75. The fourth-order valence-electron chi connectivity index (χ4n) is 2.33. The zero-order valence-electron chi connectivity index (χ0n) is 13.4. The zero-order valence-corrected chi connectivity index (χ0v) is 13.4. The van der Waals surface area contributed by atoms with E-state index in [4.69, 9.17) is 0 Å². The lowest BCUT2D eigenvalue weighted by molar-refractivity contribution is -0.122. The first-order valence-electron chi connectivity index (χ1n) is 7.39. The lowest BCUT2D eigenvalue weighted by Gasteiger charge is -2.15. The van der Waals surface area contributed by atoms with E-state index in [1.54, 1.807) is 13.0 Å². The first-order chi connectivity index (χ1) is 10.4. The third-order valence-corrected chi connectivity index (χ3v) is 3.43. The highest BCUT2D eigenvalue weighted by Gasteiger charge is 2.18. The molecule has 1 heterocycles. The molecular weight excluding hydrogens is 278 g/mol. The fraction of sp³-hybridized carbons (Fsp3) is 0.353. The largest absolute Gasteiger partial charge is 0.355 e. The van der Waals surface area contributed by atoms with Crippen LogP contribution in [-0.2, 0) is 4.79 Å². The Bertz CT molecular complexity index is 725. The van der Waals surface area contributed by atoms with Gasteiger partial charge in [-0.25, -0.2) is 0 Å². The molecule has 0 fully saturated rings. The summed E-state index contributed by atoms with van der Waals surface area (Å²) in [5.74, 6) is -0.457. The number of benzene rings is 1. The van der Waals surface area contributed by atoms with E-state index in [1.165, 1.54) is 0 Å². The number of nitrogens with one attached hydrogen (secondary N) is 2. The van der Waals surface area contributed by atoms with Gasteiger partial charge in [0, 0.05) is 17.6 Å². The second-order valence-corrected chi connectivity index (χ2v) is 5.42. The topological polar surface area (TPSA) is 71.1 Å². The molecule has 0 aliphatic rings. The molecule has 2 N–H and O–H groups in total. The Hall–Kier alpha value is -2.43. The Balaban J connectivity index is 2.35. The van der Waals surface area contributed by atoms with Crippen LogP contribution < -0.4 is 10.6 Å². The van der Waals surface area contributed by atoms with Gasteiger partial charge in [0.05, 0.1) is 11.1 Å². The van der Waals surface area contributed by atoms with E-state index in [2.05, 4.69) is 15.6 Å². The fourth-order valence-corrected chi connectivity index (χ4v) is 2.33. The van der Waals surface area contributed by atoms with Crippen LogP contribution in [0.2, 0.25) is 0 Å². The molecule has 0 saturated heterocycles. The number of carbonyl (C=O) groups excluding carboxylic acids is 2. The lowest BCUT2D eigenvalue weighted by Crippen LogP contribution is -2.44. The van der Waals surface area contributed by atoms with Crippen LogP contribution in [0.15, 0.2) is 24.3 Å². The lowest BCUT2D eigenvalue weighted by atomic mass is 10.0. The SMILES string of the molecule is CCNC(=O)[C@@H](C)NC(=O)c1cc(C)nc2ccc(C)cc12. The van der Waals surface area contributed by atoms with E-state index in [-0.39, 0.29) is 11.8 Å². The van der Waals surface area contributed by atoms with E-state index in [0.29, 0.717) is 12.1 Å². The highest BCUT2D eigenvalue weighted by molar-refractivity contribution is 6.07. The molecule has 22 heavy (non-hydrogen) atoms. The average molecular weight is 299 g/mol. The van der Waals surface area contributed by atoms with Crippen molar-refractivity contribution >= 4 is 22.7 Å². The maximum atomic E-state index is 12.5. The number of rotatable bonds is 4. The molecule has 0 radical (unpaired) electrons. The highest BCUT2D eigenvalue weighted by Crippen LogP contribution is 2.20. The molecule has 0 aliphatic heterocycles. The van der Waals surface area contributed by atoms with Crippen molar-refractivity contribution in [3.8, 4) is 0 Å². The quantitative estimate of drug-likeness (QED) is 0.908. The van der Waals surface area contributed by atoms with Crippen molar-refractivity contribution in [3.05, 3.63) is 41.1 Å². The van der Waals surface area contributed by atoms with Gasteiger partial charge in [-0.3, -0.25) is 14.6 Å². The smallest absolute Gasteiger partial charge is 0.252 e. The number of likely N-dealkylation sites (N-methyl/N-ethyl adjacent to an activating group) is 1. The average Bonchev–Trinajstić information content (AvgIpc) is 2.47. The first-order valence-corrected chi connectivity index (χ1v) is 7.39. The van der Waals surface area contributed by atoms with Crippen LogP contribution in [0, 0.1) is 13.8 Å². The standard InChI is InChI=1S/C17H21N3O2/c1-5-18-16(21)12(4)20-17(22)14-9-11(3)19-15-7-6-10(2)8-13(14)15/h6-9,12H,5H2,1-4H3,(H,18,21)(H,20,22)/t12-/m1/s1. The zero-order chi connectivity index (χ0) is 16.3. The molecule has 1 atom stereocenters. The van der Waals surface area contributed by atoms with Crippen molar-refractivity contribution in [2.24, 2.45) is 0 Å². The molecule has 2 rings (SSSR count). The summed E-state index contributed by atoms with van der Waals surface area (Å²) in [5, 5.41) is 6.23. The van der Waals surface area contributed by atoms with Gasteiger partial charge in [0.15, 0.2) is 0 Å². The van der Waals surface area contributed by atoms with Crippen molar-refractivity contribution in [3.63, 3.8) is 0 Å². The maximum absolute atomic E-state index is 12.5. The number of hydrogen-bond acceptors (Lipinski definition) is 3. The minimum atomic E-state index is -0.583. The van der Waals surface area contributed by atoms with Crippen molar-refractivity contribution in [1.29, 1.82) is 0 Å². The Morgan fingerprint density at radius 2 is 1.95 bits per heavy atom. The van der Waals surface area contributed by atoms with E-state index in [0.717, 1.165) is 22.2 Å². The molecule has 5 heteroatoms. The molecule has 2 amide bonds. The van der Waals surface area contributed by atoms with Gasteiger partial charge in [-0.1, -0.05) is 11.6 Å². The number of fused-ring (bicyclic) bond motifs is 1. The van der Waals surface area contributed by atoms with Crippen LogP contribution in [0.1, 0.15) is 35.5 Å². The van der Waals surface area contributed by atoms with Crippen LogP contribution >= 0.6 is 0 Å². The minimum Gasteiger partial charge on any atom is -0.355 e. The molecular formula is C17H21N3O2. The Morgan fingerprint density at radius 1 is 1.23 bits per heavy atom. The van der Waals surface area contributed by atoms with Gasteiger partial charge in [-0.05, 0) is 45.9 Å². The Labute approximate surface area is 130 Å². The molecule has 5 nitrogen and oxygen atoms in total. The minimum absolute atomic E-state index is 0.192. The molecule has 2 aromatic rings. The summed E-state index contributed by atoms with van der Waals surface area (Å²) in [6.45, 7) is 7.87. The molecule has 0 aliphatic carbocycles. The second kappa shape index (κ2) is 6.56. The molecule has 0 unspecified atom stereocenters. The van der Waals surface area contributed by atoms with Crippen LogP contribution in [0.25, 0.3) is 10.9 Å². The van der Waals surface area contributed by atoms with Crippen molar-refractivity contribution < 1.29 is 9.59 Å².